The summed E-state index contributed by atoms with van der Waals surface area (Å²) in [7, 11) is 0. The van der Waals surface area contributed by atoms with Gasteiger partial charge >= 0.3 is 0 Å². The number of rotatable bonds is 3. The monoisotopic (exact) mass is 381 g/mol. The van der Waals surface area contributed by atoms with E-state index in [2.05, 4.69) is 20.3 Å². The fourth-order valence-corrected chi connectivity index (χ4v) is 4.05. The molecular formula is C19H23N7O2. The molecule has 28 heavy (non-hydrogen) atoms. The molecule has 5 rings (SSSR count). The highest BCUT2D eigenvalue weighted by molar-refractivity contribution is 5.96. The average molecular weight is 381 g/mol. The van der Waals surface area contributed by atoms with Crippen molar-refractivity contribution in [2.45, 2.75) is 39.0 Å². The lowest BCUT2D eigenvalue weighted by Gasteiger charge is -2.32. The number of anilines is 1. The highest BCUT2D eigenvalue weighted by Crippen LogP contribution is 2.29. The summed E-state index contributed by atoms with van der Waals surface area (Å²) in [5.74, 6) is 2.69. The Hall–Kier alpha value is -2.97. The zero-order chi connectivity index (χ0) is 19.3. The average Bonchev–Trinajstić information content (AvgIpc) is 3.23. The van der Waals surface area contributed by atoms with Crippen LogP contribution in [0.5, 0.6) is 0 Å². The summed E-state index contributed by atoms with van der Waals surface area (Å²) < 4.78 is 7.03. The molecule has 5 heterocycles. The smallest absolute Gasteiger partial charge is 0.259 e. The molecule has 9 heteroatoms. The Morgan fingerprint density at radius 2 is 1.89 bits per heavy atom. The maximum atomic E-state index is 12.8. The van der Waals surface area contributed by atoms with E-state index >= 15 is 0 Å². The molecular weight excluding hydrogens is 358 g/mol. The topological polar surface area (TPSA) is 92.7 Å². The zero-order valence-corrected chi connectivity index (χ0v) is 16.1. The molecule has 3 aromatic heterocycles. The van der Waals surface area contributed by atoms with E-state index in [0.29, 0.717) is 30.1 Å². The van der Waals surface area contributed by atoms with Crippen LogP contribution >= 0.6 is 0 Å². The number of carbonyl (C=O) groups is 1. The number of nitrogens with zero attached hydrogens (tertiary/aromatic N) is 7. The Bertz CT molecular complexity index is 1010. The van der Waals surface area contributed by atoms with Gasteiger partial charge in [-0.3, -0.25) is 4.79 Å². The fourth-order valence-electron chi connectivity index (χ4n) is 4.05. The second-order valence-corrected chi connectivity index (χ2v) is 7.63. The number of aromatic nitrogens is 5. The molecule has 9 nitrogen and oxygen atoms in total. The summed E-state index contributed by atoms with van der Waals surface area (Å²) in [5, 5.41) is 17.4. The van der Waals surface area contributed by atoms with Gasteiger partial charge in [-0.25, -0.2) is 0 Å². The maximum Gasteiger partial charge on any atom is 0.259 e. The summed E-state index contributed by atoms with van der Waals surface area (Å²) in [6, 6.07) is 3.99. The quantitative estimate of drug-likeness (QED) is 0.685. The molecule has 0 unspecified atom stereocenters. The van der Waals surface area contributed by atoms with Crippen molar-refractivity contribution >= 4 is 17.4 Å². The fraction of sp³-hybridized carbons (Fsp3) is 0.526. The number of likely N-dealkylation sites (tertiary alicyclic amines) is 1. The molecule has 1 amide bonds. The van der Waals surface area contributed by atoms with Gasteiger partial charge in [0.25, 0.3) is 5.91 Å². The minimum Gasteiger partial charge on any atom is -0.361 e. The first-order valence-corrected chi connectivity index (χ1v) is 9.81. The third-order valence-corrected chi connectivity index (χ3v) is 5.85. The molecule has 0 bridgehead atoms. The van der Waals surface area contributed by atoms with Crippen LogP contribution in [0.3, 0.4) is 0 Å². The van der Waals surface area contributed by atoms with Gasteiger partial charge in [-0.1, -0.05) is 5.16 Å². The minimum atomic E-state index is -0.000930. The first-order valence-electron chi connectivity index (χ1n) is 9.81. The summed E-state index contributed by atoms with van der Waals surface area (Å²) in [5.41, 5.74) is 2.01. The van der Waals surface area contributed by atoms with Gasteiger partial charge in [-0.2, -0.15) is 4.52 Å². The van der Waals surface area contributed by atoms with E-state index in [-0.39, 0.29) is 11.8 Å². The van der Waals surface area contributed by atoms with Crippen molar-refractivity contribution in [3.05, 3.63) is 35.0 Å². The highest BCUT2D eigenvalue weighted by Gasteiger charge is 2.30. The number of hydrogen-bond donors (Lipinski definition) is 0. The molecule has 0 spiro atoms. The minimum absolute atomic E-state index is 0.000930. The summed E-state index contributed by atoms with van der Waals surface area (Å²) in [4.78, 5) is 17.0. The van der Waals surface area contributed by atoms with Crippen LogP contribution in [0.25, 0.3) is 5.65 Å². The van der Waals surface area contributed by atoms with Crippen LogP contribution in [-0.2, 0) is 0 Å². The van der Waals surface area contributed by atoms with Crippen molar-refractivity contribution in [1.29, 1.82) is 0 Å². The third kappa shape index (κ3) is 2.73. The van der Waals surface area contributed by atoms with Crippen molar-refractivity contribution < 1.29 is 9.32 Å². The SMILES string of the molecule is Cc1noc(C)c1C(=O)N1CCC(c2nnc3ccc(N4CCC4)nn23)CC1. The predicted octanol–water partition coefficient (Wildman–Crippen LogP) is 1.96. The maximum absolute atomic E-state index is 12.8. The van der Waals surface area contributed by atoms with Gasteiger partial charge in [0.2, 0.25) is 0 Å². The van der Waals surface area contributed by atoms with Gasteiger partial charge < -0.3 is 14.3 Å². The standard InChI is InChI=1S/C19H23N7O2/c1-12-17(13(2)28-23-12)19(27)25-10-6-14(7-11-25)18-21-20-15-4-5-16(22-26(15)18)24-8-3-9-24/h4-5,14H,3,6-11H2,1-2H3. The van der Waals surface area contributed by atoms with Crippen molar-refractivity contribution in [3.63, 3.8) is 0 Å². The summed E-state index contributed by atoms with van der Waals surface area (Å²) in [6.45, 7) is 7.04. The van der Waals surface area contributed by atoms with Gasteiger partial charge in [-0.05, 0) is 45.2 Å². The van der Waals surface area contributed by atoms with E-state index in [9.17, 15) is 4.79 Å². The second kappa shape index (κ2) is 6.57. The molecule has 0 N–H and O–H groups in total. The summed E-state index contributed by atoms with van der Waals surface area (Å²) >= 11 is 0. The third-order valence-electron chi connectivity index (χ3n) is 5.85. The lowest BCUT2D eigenvalue weighted by Crippen LogP contribution is -2.39. The van der Waals surface area contributed by atoms with Crippen molar-refractivity contribution in [1.82, 2.24) is 29.9 Å². The van der Waals surface area contributed by atoms with Gasteiger partial charge in [-0.15, -0.1) is 15.3 Å². The molecule has 3 aromatic rings. The predicted molar refractivity (Wildman–Crippen MR) is 101 cm³/mol. The molecule has 0 atom stereocenters. The first kappa shape index (κ1) is 17.2. The molecule has 2 aliphatic rings. The van der Waals surface area contributed by atoms with E-state index in [4.69, 9.17) is 9.62 Å². The Kier molecular flexibility index (Phi) is 4.03. The van der Waals surface area contributed by atoms with Crippen LogP contribution in [-0.4, -0.2) is 62.0 Å². The first-order chi connectivity index (χ1) is 13.6. The molecule has 0 aliphatic carbocycles. The van der Waals surface area contributed by atoms with Crippen LogP contribution in [0.4, 0.5) is 5.82 Å². The molecule has 0 aromatic carbocycles. The molecule has 2 saturated heterocycles. The largest absolute Gasteiger partial charge is 0.361 e. The molecule has 2 fully saturated rings. The lowest BCUT2D eigenvalue weighted by molar-refractivity contribution is 0.0708. The highest BCUT2D eigenvalue weighted by atomic mass is 16.5. The zero-order valence-electron chi connectivity index (χ0n) is 16.1. The Balaban J connectivity index is 1.33. The van der Waals surface area contributed by atoms with Gasteiger partial charge in [0.1, 0.15) is 17.1 Å². The number of aryl methyl sites for hydroxylation is 2. The van der Waals surface area contributed by atoms with E-state index < -0.39 is 0 Å². The molecule has 146 valence electrons. The Morgan fingerprint density at radius 1 is 1.11 bits per heavy atom. The Labute approximate surface area is 162 Å². The van der Waals surface area contributed by atoms with Crippen LogP contribution in [0.2, 0.25) is 0 Å². The number of amides is 1. The number of piperidine rings is 1. The molecule has 0 saturated carbocycles. The molecule has 0 radical (unpaired) electrons. The van der Waals surface area contributed by atoms with Crippen molar-refractivity contribution in [3.8, 4) is 0 Å². The van der Waals surface area contributed by atoms with E-state index in [0.717, 1.165) is 43.2 Å². The van der Waals surface area contributed by atoms with Crippen LogP contribution in [0.1, 0.15) is 52.8 Å². The van der Waals surface area contributed by atoms with Gasteiger partial charge in [0, 0.05) is 32.1 Å². The number of carbonyl (C=O) groups excluding carboxylic acids is 1. The van der Waals surface area contributed by atoms with E-state index in [1.807, 2.05) is 21.5 Å². The Morgan fingerprint density at radius 3 is 2.54 bits per heavy atom. The van der Waals surface area contributed by atoms with E-state index in [1.165, 1.54) is 6.42 Å². The van der Waals surface area contributed by atoms with Crippen LogP contribution in [0, 0.1) is 13.8 Å². The lowest BCUT2D eigenvalue weighted by atomic mass is 9.95. The summed E-state index contributed by atoms with van der Waals surface area (Å²) in [6.07, 6.45) is 2.89. The van der Waals surface area contributed by atoms with Crippen molar-refractivity contribution in [2.75, 3.05) is 31.1 Å². The van der Waals surface area contributed by atoms with Gasteiger partial charge in [0.05, 0.1) is 5.69 Å². The van der Waals surface area contributed by atoms with E-state index in [1.54, 1.807) is 13.8 Å². The number of hydrogen-bond acceptors (Lipinski definition) is 7. The number of fused-ring (bicyclic) bond motifs is 1. The normalized spacial score (nSPS) is 17.9. The van der Waals surface area contributed by atoms with Crippen LogP contribution < -0.4 is 4.90 Å². The van der Waals surface area contributed by atoms with Gasteiger partial charge in [0.15, 0.2) is 11.5 Å². The van der Waals surface area contributed by atoms with Crippen molar-refractivity contribution in [2.24, 2.45) is 0 Å². The van der Waals surface area contributed by atoms with Crippen LogP contribution in [0.15, 0.2) is 16.7 Å². The molecule has 2 aliphatic heterocycles. The second-order valence-electron chi connectivity index (χ2n) is 7.63.